The predicted molar refractivity (Wildman–Crippen MR) is 153 cm³/mol. The fourth-order valence-corrected chi connectivity index (χ4v) is 4.64. The largest absolute Gasteiger partial charge is 0.481 e. The summed E-state index contributed by atoms with van der Waals surface area (Å²) < 4.78 is 0. The Balaban J connectivity index is 0.000000331. The van der Waals surface area contributed by atoms with Crippen molar-refractivity contribution in [2.24, 2.45) is 0 Å². The standard InChI is InChI=1S/C24H23N5O.C6H8O7/c25-17-24(11-1-2-12-24)19-5-7-20(8-6-19)29-23(30)21-4-3-13-27-22(21)28-16-18-9-14-26-15-10-18;7-3(8)1-6(13,5(11)12)2-4(9)10/h3-10,13-15H,1-2,11-12,16H2,(H,27,28)(H,29,30);13H,1-2H2,(H,7,8)(H,9,10)(H,11,12). The molecule has 0 spiro atoms. The summed E-state index contributed by atoms with van der Waals surface area (Å²) in [4.78, 5) is 51.7. The molecule has 1 amide bonds. The number of benzene rings is 1. The van der Waals surface area contributed by atoms with Gasteiger partial charge in [-0.3, -0.25) is 19.4 Å². The molecule has 1 aromatic carbocycles. The number of aliphatic carboxylic acids is 3. The molecule has 0 radical (unpaired) electrons. The molecule has 1 aliphatic rings. The summed E-state index contributed by atoms with van der Waals surface area (Å²) in [5.41, 5.74) is 0.129. The average Bonchev–Trinajstić information content (AvgIpc) is 3.47. The highest BCUT2D eigenvalue weighted by Gasteiger charge is 2.40. The molecule has 4 rings (SSSR count). The van der Waals surface area contributed by atoms with Crippen molar-refractivity contribution in [1.82, 2.24) is 9.97 Å². The zero-order valence-electron chi connectivity index (χ0n) is 23.1. The van der Waals surface area contributed by atoms with E-state index in [-0.39, 0.29) is 11.3 Å². The third-order valence-electron chi connectivity index (χ3n) is 6.91. The Morgan fingerprint density at radius 1 is 0.907 bits per heavy atom. The summed E-state index contributed by atoms with van der Waals surface area (Å²) in [5.74, 6) is -4.73. The Bertz CT molecular complexity index is 1470. The molecule has 6 N–H and O–H groups in total. The number of pyridine rings is 2. The van der Waals surface area contributed by atoms with Gasteiger partial charge in [-0.1, -0.05) is 25.0 Å². The zero-order chi connectivity index (χ0) is 31.5. The monoisotopic (exact) mass is 589 g/mol. The number of nitriles is 1. The van der Waals surface area contributed by atoms with Crippen LogP contribution in [-0.2, 0) is 26.3 Å². The second-order valence-electron chi connectivity index (χ2n) is 10.0. The van der Waals surface area contributed by atoms with Gasteiger partial charge in [0, 0.05) is 30.8 Å². The molecule has 1 saturated carbocycles. The Morgan fingerprint density at radius 2 is 1.51 bits per heavy atom. The van der Waals surface area contributed by atoms with E-state index in [9.17, 15) is 24.4 Å². The van der Waals surface area contributed by atoms with Crippen LogP contribution in [0.4, 0.5) is 11.5 Å². The highest BCUT2D eigenvalue weighted by molar-refractivity contribution is 6.07. The van der Waals surface area contributed by atoms with Gasteiger partial charge in [-0.15, -0.1) is 0 Å². The molecule has 13 heteroatoms. The SMILES string of the molecule is N#CC1(c2ccc(NC(=O)c3cccnc3NCc3ccncc3)cc2)CCCC1.O=C(O)CC(O)(CC(=O)O)C(=O)O. The molecule has 0 unspecified atom stereocenters. The van der Waals surface area contributed by atoms with Crippen molar-refractivity contribution in [3.05, 3.63) is 83.8 Å². The molecule has 0 atom stereocenters. The molecule has 2 heterocycles. The van der Waals surface area contributed by atoms with Crippen LogP contribution in [0.3, 0.4) is 0 Å². The first-order valence-corrected chi connectivity index (χ1v) is 13.3. The summed E-state index contributed by atoms with van der Waals surface area (Å²) in [6.07, 6.45) is 6.80. The van der Waals surface area contributed by atoms with Gasteiger partial charge in [-0.25, -0.2) is 9.78 Å². The maximum atomic E-state index is 12.9. The number of anilines is 2. The number of carbonyl (C=O) groups excluding carboxylic acids is 1. The molecule has 1 aliphatic carbocycles. The van der Waals surface area contributed by atoms with Gasteiger partial charge in [0.2, 0.25) is 0 Å². The molecule has 43 heavy (non-hydrogen) atoms. The maximum Gasteiger partial charge on any atom is 0.336 e. The van der Waals surface area contributed by atoms with Crippen LogP contribution in [0.1, 0.15) is 60.0 Å². The van der Waals surface area contributed by atoms with Gasteiger partial charge in [-0.05, 0) is 60.4 Å². The molecule has 0 bridgehead atoms. The quantitative estimate of drug-likeness (QED) is 0.189. The lowest BCUT2D eigenvalue weighted by Gasteiger charge is -2.21. The lowest BCUT2D eigenvalue weighted by molar-refractivity contribution is -0.170. The topological polar surface area (TPSA) is 223 Å². The Labute approximate surface area is 246 Å². The molecule has 224 valence electrons. The first-order valence-electron chi connectivity index (χ1n) is 13.3. The minimum Gasteiger partial charge on any atom is -0.481 e. The van der Waals surface area contributed by atoms with Gasteiger partial charge in [0.1, 0.15) is 5.82 Å². The Kier molecular flexibility index (Phi) is 10.9. The van der Waals surface area contributed by atoms with E-state index in [2.05, 4.69) is 26.7 Å². The van der Waals surface area contributed by atoms with Gasteiger partial charge in [0.15, 0.2) is 5.60 Å². The number of aliphatic hydroxyl groups is 1. The van der Waals surface area contributed by atoms with Crippen molar-refractivity contribution in [3.63, 3.8) is 0 Å². The van der Waals surface area contributed by atoms with Gasteiger partial charge < -0.3 is 31.1 Å². The fourth-order valence-electron chi connectivity index (χ4n) is 4.64. The number of carboxylic acid groups (broad SMARTS) is 3. The van der Waals surface area contributed by atoms with Crippen LogP contribution < -0.4 is 10.6 Å². The molecule has 0 aliphatic heterocycles. The molecule has 0 saturated heterocycles. The van der Waals surface area contributed by atoms with Crippen LogP contribution >= 0.6 is 0 Å². The second-order valence-corrected chi connectivity index (χ2v) is 10.0. The van der Waals surface area contributed by atoms with Crippen molar-refractivity contribution < 1.29 is 39.6 Å². The van der Waals surface area contributed by atoms with Crippen molar-refractivity contribution in [2.75, 3.05) is 10.6 Å². The van der Waals surface area contributed by atoms with Crippen LogP contribution in [0.2, 0.25) is 0 Å². The summed E-state index contributed by atoms with van der Waals surface area (Å²) in [5, 5.41) is 49.6. The fraction of sp³-hybridized carbons (Fsp3) is 0.300. The predicted octanol–water partition coefficient (Wildman–Crippen LogP) is 3.43. The number of nitrogens with one attached hydrogen (secondary N) is 2. The van der Waals surface area contributed by atoms with Crippen LogP contribution in [0, 0.1) is 11.3 Å². The van der Waals surface area contributed by atoms with E-state index in [1.54, 1.807) is 30.7 Å². The van der Waals surface area contributed by atoms with E-state index in [4.69, 9.17) is 20.4 Å². The summed E-state index contributed by atoms with van der Waals surface area (Å²) >= 11 is 0. The number of carbonyl (C=O) groups is 4. The third-order valence-corrected chi connectivity index (χ3v) is 6.91. The first-order chi connectivity index (χ1) is 20.5. The smallest absolute Gasteiger partial charge is 0.336 e. The summed E-state index contributed by atoms with van der Waals surface area (Å²) in [6, 6.07) is 17.5. The lowest BCUT2D eigenvalue weighted by atomic mass is 9.80. The van der Waals surface area contributed by atoms with Crippen molar-refractivity contribution in [2.45, 2.75) is 56.1 Å². The highest BCUT2D eigenvalue weighted by atomic mass is 16.4. The molecule has 13 nitrogen and oxygen atoms in total. The van der Waals surface area contributed by atoms with Crippen molar-refractivity contribution in [1.29, 1.82) is 5.26 Å². The van der Waals surface area contributed by atoms with E-state index in [1.807, 2.05) is 36.4 Å². The normalized spacial score (nSPS) is 13.5. The zero-order valence-corrected chi connectivity index (χ0v) is 23.1. The summed E-state index contributed by atoms with van der Waals surface area (Å²) in [6.45, 7) is 0.546. The molecule has 3 aromatic rings. The van der Waals surface area contributed by atoms with Gasteiger partial charge in [0.25, 0.3) is 5.91 Å². The number of nitrogens with zero attached hydrogens (tertiary/aromatic N) is 3. The number of amides is 1. The van der Waals surface area contributed by atoms with Gasteiger partial charge >= 0.3 is 17.9 Å². The van der Waals surface area contributed by atoms with E-state index in [1.165, 1.54) is 0 Å². The van der Waals surface area contributed by atoms with Crippen molar-refractivity contribution in [3.8, 4) is 6.07 Å². The van der Waals surface area contributed by atoms with E-state index in [0.717, 1.165) is 36.8 Å². The molecular weight excluding hydrogens is 558 g/mol. The van der Waals surface area contributed by atoms with E-state index < -0.39 is 36.4 Å². The average molecular weight is 590 g/mol. The molecular formula is C30H31N5O8. The number of rotatable bonds is 11. The van der Waals surface area contributed by atoms with Gasteiger partial charge in [-0.2, -0.15) is 5.26 Å². The number of carboxylic acids is 3. The summed E-state index contributed by atoms with van der Waals surface area (Å²) in [7, 11) is 0. The van der Waals surface area contributed by atoms with E-state index in [0.29, 0.717) is 23.6 Å². The Hall–Kier alpha value is -5.35. The number of hydrogen-bond acceptors (Lipinski definition) is 9. The van der Waals surface area contributed by atoms with Crippen LogP contribution in [0.5, 0.6) is 0 Å². The lowest BCUT2D eigenvalue weighted by Crippen LogP contribution is -2.42. The second kappa shape index (κ2) is 14.5. The minimum atomic E-state index is -2.74. The Morgan fingerprint density at radius 3 is 2.05 bits per heavy atom. The highest BCUT2D eigenvalue weighted by Crippen LogP contribution is 2.40. The first kappa shape index (κ1) is 32.2. The van der Waals surface area contributed by atoms with Crippen LogP contribution in [-0.4, -0.2) is 59.8 Å². The maximum absolute atomic E-state index is 12.9. The van der Waals surface area contributed by atoms with Gasteiger partial charge in [0.05, 0.1) is 29.9 Å². The number of aromatic nitrogens is 2. The van der Waals surface area contributed by atoms with Crippen LogP contribution in [0.25, 0.3) is 0 Å². The van der Waals surface area contributed by atoms with Crippen molar-refractivity contribution >= 4 is 35.3 Å². The number of hydrogen-bond donors (Lipinski definition) is 6. The molecule has 2 aromatic heterocycles. The minimum absolute atomic E-state index is 0.232. The van der Waals surface area contributed by atoms with E-state index >= 15 is 0 Å². The molecule has 1 fully saturated rings. The third kappa shape index (κ3) is 8.82. The van der Waals surface area contributed by atoms with Crippen LogP contribution in [0.15, 0.2) is 67.1 Å².